The van der Waals surface area contributed by atoms with Gasteiger partial charge in [-0.25, -0.2) is 9.28 Å². The Bertz CT molecular complexity index is 576. The Morgan fingerprint density at radius 2 is 1.29 bits per heavy atom. The van der Waals surface area contributed by atoms with Gasteiger partial charge in [-0.2, -0.15) is 14.1 Å². The highest BCUT2D eigenvalue weighted by Crippen LogP contribution is 2.44. The van der Waals surface area contributed by atoms with E-state index in [9.17, 15) is 29.7 Å². The molecule has 1 rings (SSSR count). The van der Waals surface area contributed by atoms with Crippen molar-refractivity contribution in [2.24, 2.45) is 0 Å². The molecule has 0 aliphatic carbocycles. The smallest absolute Gasteiger partial charge is 0.476 e. The Morgan fingerprint density at radius 3 is 1.54 bits per heavy atom. The minimum Gasteiger partial charge on any atom is -0.476 e. The number of amides is 2. The van der Waals surface area contributed by atoms with E-state index in [4.69, 9.17) is 0 Å². The topological polar surface area (TPSA) is 112 Å². The molecule has 0 aromatic rings. The number of carboxylic acid groups (broad SMARTS) is 3. The van der Waals surface area contributed by atoms with E-state index in [0.29, 0.717) is 0 Å². The van der Waals surface area contributed by atoms with Crippen molar-refractivity contribution in [3.8, 4) is 0 Å². The van der Waals surface area contributed by atoms with Crippen LogP contribution in [0.4, 0.5) is 9.59 Å². The number of carboxylic acids is 1. The molecule has 1 heterocycles. The summed E-state index contributed by atoms with van der Waals surface area (Å²) in [5.74, 6) is -1.30. The Kier molecular flexibility index (Phi) is 4.60. The molecule has 2 amide bonds. The van der Waals surface area contributed by atoms with Crippen molar-refractivity contribution in [2.75, 3.05) is 19.6 Å². The van der Waals surface area contributed by atoms with Crippen molar-refractivity contribution in [2.45, 2.75) is 65.1 Å². The molecule has 1 fully saturated rings. The van der Waals surface area contributed by atoms with E-state index in [1.54, 1.807) is 41.5 Å². The zero-order chi connectivity index (χ0) is 19.4. The molecule has 2 unspecified atom stereocenters. The van der Waals surface area contributed by atoms with Gasteiger partial charge in [0.15, 0.2) is 6.54 Å². The lowest BCUT2D eigenvalue weighted by Gasteiger charge is -2.59. The summed E-state index contributed by atoms with van der Waals surface area (Å²) in [4.78, 5) is 36.5. The molecule has 8 heteroatoms. The third kappa shape index (κ3) is 2.39. The molecular formula is C16H30N2O6+2. The molecule has 0 saturated carbocycles. The van der Waals surface area contributed by atoms with Crippen LogP contribution in [-0.4, -0.2) is 78.7 Å². The van der Waals surface area contributed by atoms with Crippen molar-refractivity contribution in [1.29, 1.82) is 0 Å². The maximum Gasteiger partial charge on any atom is 0.515 e. The normalized spacial score (nSPS) is 34.6. The van der Waals surface area contributed by atoms with Crippen molar-refractivity contribution < 1.29 is 38.7 Å². The predicted octanol–water partition coefficient (Wildman–Crippen LogP) is 2.43. The molecule has 0 aromatic heterocycles. The Morgan fingerprint density at radius 1 is 0.833 bits per heavy atom. The first-order chi connectivity index (χ1) is 10.5. The fourth-order valence-electron chi connectivity index (χ4n) is 4.22. The fraction of sp³-hybridized carbons (Fsp3) is 0.812. The summed E-state index contributed by atoms with van der Waals surface area (Å²) in [7, 11) is 0. The largest absolute Gasteiger partial charge is 0.515 e. The van der Waals surface area contributed by atoms with Crippen LogP contribution in [0.2, 0.25) is 0 Å². The summed E-state index contributed by atoms with van der Waals surface area (Å²) < 4.78 is -1.20. The first-order valence-electron chi connectivity index (χ1n) is 7.95. The summed E-state index contributed by atoms with van der Waals surface area (Å²) in [5.41, 5.74) is -3.46. The molecule has 3 N–H and O–H groups in total. The van der Waals surface area contributed by atoms with Gasteiger partial charge in [-0.1, -0.05) is 0 Å². The molecule has 1 aliphatic heterocycles. The monoisotopic (exact) mass is 346 g/mol. The van der Waals surface area contributed by atoms with Crippen molar-refractivity contribution in [1.82, 2.24) is 0 Å². The number of carbonyl (C=O) groups is 3. The molecule has 3 atom stereocenters. The molecule has 0 radical (unpaired) electrons. The van der Waals surface area contributed by atoms with E-state index in [1.165, 1.54) is 6.92 Å². The third-order valence-electron chi connectivity index (χ3n) is 5.82. The maximum absolute atomic E-state index is 12.2. The molecule has 0 bridgehead atoms. The van der Waals surface area contributed by atoms with Gasteiger partial charge in [-0.15, -0.1) is 0 Å². The number of rotatable bonds is 1. The van der Waals surface area contributed by atoms with Gasteiger partial charge in [0.25, 0.3) is 5.54 Å². The first kappa shape index (κ1) is 20.4. The first-order valence-corrected chi connectivity index (χ1v) is 7.95. The minimum atomic E-state index is -1.78. The lowest BCUT2D eigenvalue weighted by molar-refractivity contribution is -1.03. The third-order valence-corrected chi connectivity index (χ3v) is 5.82. The van der Waals surface area contributed by atoms with Gasteiger partial charge >= 0.3 is 18.2 Å². The van der Waals surface area contributed by atoms with Crippen LogP contribution < -0.4 is 0 Å². The molecule has 0 aromatic carbocycles. The molecule has 138 valence electrons. The maximum atomic E-state index is 12.2. The van der Waals surface area contributed by atoms with Crippen LogP contribution in [0.3, 0.4) is 0 Å². The molecule has 0 spiro atoms. The standard InChI is InChI=1S/C16H28N2O6/c1-14(2,3)17(12(21)22)8-9-18(13(23)24,15(4,5)6)16(7,10-17)11(19)20/h8-10H2,1-7H3,(H-2,19,20,21,22,23,24)/p+2/t16?,17?,18-/m0/s1. The summed E-state index contributed by atoms with van der Waals surface area (Å²) in [6.07, 6.45) is -2.38. The zero-order valence-electron chi connectivity index (χ0n) is 15.6. The van der Waals surface area contributed by atoms with Gasteiger partial charge in [0.1, 0.15) is 24.2 Å². The van der Waals surface area contributed by atoms with Gasteiger partial charge in [0.05, 0.1) is 0 Å². The van der Waals surface area contributed by atoms with E-state index in [-0.39, 0.29) is 19.6 Å². The van der Waals surface area contributed by atoms with Crippen LogP contribution in [-0.2, 0) is 4.79 Å². The van der Waals surface area contributed by atoms with Crippen molar-refractivity contribution in [3.05, 3.63) is 0 Å². The van der Waals surface area contributed by atoms with Crippen LogP contribution in [0.15, 0.2) is 0 Å². The van der Waals surface area contributed by atoms with Crippen LogP contribution in [0.1, 0.15) is 48.5 Å². The number of piperazine rings is 1. The highest BCUT2D eigenvalue weighted by molar-refractivity contribution is 5.80. The second-order valence-corrected chi connectivity index (χ2v) is 8.87. The minimum absolute atomic E-state index is 0.0469. The highest BCUT2D eigenvalue weighted by Gasteiger charge is 2.73. The van der Waals surface area contributed by atoms with Crippen molar-refractivity contribution >= 4 is 18.2 Å². The second-order valence-electron chi connectivity index (χ2n) is 8.87. The van der Waals surface area contributed by atoms with Gasteiger partial charge in [0, 0.05) is 6.92 Å². The van der Waals surface area contributed by atoms with Crippen LogP contribution in [0.5, 0.6) is 0 Å². The SMILES string of the molecule is CC(C)(C)[N+]1(C(=O)O)CC[N@+](C(=O)O)(C(C)(C)C)C(C)(C(=O)O)C1. The lowest BCUT2D eigenvalue weighted by Crippen LogP contribution is -2.87. The van der Waals surface area contributed by atoms with Gasteiger partial charge in [0.2, 0.25) is 0 Å². The van der Waals surface area contributed by atoms with Crippen LogP contribution in [0.25, 0.3) is 0 Å². The number of hydrogen-bond donors (Lipinski definition) is 3. The Labute approximate surface area is 142 Å². The molecule has 1 saturated heterocycles. The molecule has 1 aliphatic rings. The van der Waals surface area contributed by atoms with E-state index < -0.39 is 43.7 Å². The summed E-state index contributed by atoms with van der Waals surface area (Å²) in [6.45, 7) is 11.3. The zero-order valence-corrected chi connectivity index (χ0v) is 15.6. The molecule has 24 heavy (non-hydrogen) atoms. The lowest BCUT2D eigenvalue weighted by atomic mass is 9.82. The highest BCUT2D eigenvalue weighted by atomic mass is 16.4. The van der Waals surface area contributed by atoms with Gasteiger partial charge in [-0.3, -0.25) is 0 Å². The average Bonchev–Trinajstić information content (AvgIpc) is 2.34. The number of quaternary nitrogens is 2. The Hall–Kier alpha value is -1.67. The van der Waals surface area contributed by atoms with E-state index >= 15 is 0 Å². The second kappa shape index (κ2) is 5.42. The van der Waals surface area contributed by atoms with E-state index in [1.807, 2.05) is 0 Å². The average molecular weight is 346 g/mol. The van der Waals surface area contributed by atoms with Gasteiger partial charge in [-0.05, 0) is 41.5 Å². The van der Waals surface area contributed by atoms with Gasteiger partial charge < -0.3 is 15.3 Å². The quantitative estimate of drug-likeness (QED) is 0.629. The van der Waals surface area contributed by atoms with Crippen LogP contribution >= 0.6 is 0 Å². The van der Waals surface area contributed by atoms with Crippen molar-refractivity contribution in [3.63, 3.8) is 0 Å². The Balaban J connectivity index is 3.75. The molecule has 8 nitrogen and oxygen atoms in total. The summed E-state index contributed by atoms with van der Waals surface area (Å²) in [6, 6.07) is 0. The van der Waals surface area contributed by atoms with E-state index in [0.717, 1.165) is 0 Å². The molecular weight excluding hydrogens is 316 g/mol. The van der Waals surface area contributed by atoms with E-state index in [2.05, 4.69) is 0 Å². The van der Waals surface area contributed by atoms with Crippen LogP contribution in [0, 0.1) is 0 Å². The fourth-order valence-corrected chi connectivity index (χ4v) is 4.22. The number of nitrogens with zero attached hydrogens (tertiary/aromatic N) is 2. The summed E-state index contributed by atoms with van der Waals surface area (Å²) in [5, 5.41) is 29.8. The predicted molar refractivity (Wildman–Crippen MR) is 86.7 cm³/mol. The number of hydrogen-bond acceptors (Lipinski definition) is 3. The summed E-state index contributed by atoms with van der Waals surface area (Å²) >= 11 is 0. The number of aliphatic carboxylic acids is 1.